The molecule has 2 aliphatic heterocycles. The van der Waals surface area contributed by atoms with Crippen LogP contribution in [0.15, 0.2) is 49.1 Å². The van der Waals surface area contributed by atoms with E-state index in [1.54, 1.807) is 4.90 Å². The van der Waals surface area contributed by atoms with Crippen LogP contribution in [0.3, 0.4) is 0 Å². The van der Waals surface area contributed by atoms with E-state index >= 15 is 0 Å². The van der Waals surface area contributed by atoms with Crippen molar-refractivity contribution in [2.24, 2.45) is 5.41 Å². The first kappa shape index (κ1) is 33.7. The SMILES string of the molecule is C=CC(=O)N1CCN(c2nc(OC(C)CN(C)C)nc3c2CCN(c2cc(OC(=O)C(C)(C)C)cc4ccccc24)C3)CC1CC#N. The van der Waals surface area contributed by atoms with Gasteiger partial charge in [-0.05, 0) is 65.7 Å². The minimum absolute atomic E-state index is 0.151. The Kier molecular flexibility index (Phi) is 10.0. The molecule has 0 radical (unpaired) electrons. The Bertz CT molecular complexity index is 1690. The maximum absolute atomic E-state index is 12.8. The molecule has 3 aromatic rings. The quantitative estimate of drug-likeness (QED) is 0.187. The van der Waals surface area contributed by atoms with Gasteiger partial charge in [-0.15, -0.1) is 0 Å². The lowest BCUT2D eigenvalue weighted by atomic mass is 9.97. The second kappa shape index (κ2) is 14.0. The normalized spacial score (nSPS) is 17.2. The van der Waals surface area contributed by atoms with Crippen LogP contribution >= 0.6 is 0 Å². The Morgan fingerprint density at radius 3 is 2.62 bits per heavy atom. The molecule has 1 amide bonds. The highest BCUT2D eigenvalue weighted by atomic mass is 16.5. The summed E-state index contributed by atoms with van der Waals surface area (Å²) in [5, 5.41) is 11.6. The van der Waals surface area contributed by atoms with Crippen molar-refractivity contribution in [1.82, 2.24) is 19.8 Å². The van der Waals surface area contributed by atoms with E-state index in [1.807, 2.05) is 72.1 Å². The number of amides is 1. The minimum Gasteiger partial charge on any atom is -0.459 e. The van der Waals surface area contributed by atoms with Gasteiger partial charge in [-0.3, -0.25) is 9.59 Å². The van der Waals surface area contributed by atoms with Gasteiger partial charge in [0.15, 0.2) is 0 Å². The maximum Gasteiger partial charge on any atom is 0.318 e. The number of anilines is 2. The summed E-state index contributed by atoms with van der Waals surface area (Å²) < 4.78 is 12.1. The maximum atomic E-state index is 12.8. The van der Waals surface area contributed by atoms with Crippen LogP contribution in [0.2, 0.25) is 0 Å². The number of nitriles is 1. The Balaban J connectivity index is 1.52. The van der Waals surface area contributed by atoms with E-state index in [1.165, 1.54) is 6.08 Å². The first-order valence-electron chi connectivity index (χ1n) is 16.1. The molecule has 2 aromatic carbocycles. The molecular weight excluding hydrogens is 594 g/mol. The van der Waals surface area contributed by atoms with Crippen molar-refractivity contribution in [2.75, 3.05) is 56.6 Å². The van der Waals surface area contributed by atoms with Crippen molar-refractivity contribution in [3.63, 3.8) is 0 Å². The molecule has 1 aromatic heterocycles. The summed E-state index contributed by atoms with van der Waals surface area (Å²) in [7, 11) is 3.99. The highest BCUT2D eigenvalue weighted by Crippen LogP contribution is 2.37. The number of carbonyl (C=O) groups excluding carboxylic acids is 2. The zero-order valence-corrected chi connectivity index (χ0v) is 28.3. The van der Waals surface area contributed by atoms with E-state index in [0.29, 0.717) is 57.4 Å². The number of nitrogens with zero attached hydrogens (tertiary/aromatic N) is 7. The number of esters is 1. The summed E-state index contributed by atoms with van der Waals surface area (Å²) >= 11 is 0. The van der Waals surface area contributed by atoms with Gasteiger partial charge in [0.25, 0.3) is 0 Å². The number of ether oxygens (including phenoxy) is 2. The van der Waals surface area contributed by atoms with Crippen LogP contribution in [0.25, 0.3) is 10.8 Å². The van der Waals surface area contributed by atoms with Crippen molar-refractivity contribution < 1.29 is 19.1 Å². The highest BCUT2D eigenvalue weighted by Gasteiger charge is 2.34. The van der Waals surface area contributed by atoms with Crippen molar-refractivity contribution in [2.45, 2.75) is 59.2 Å². The number of hydrogen-bond donors (Lipinski definition) is 0. The summed E-state index contributed by atoms with van der Waals surface area (Å²) in [6.07, 6.45) is 2.04. The topological polar surface area (TPSA) is 115 Å². The third kappa shape index (κ3) is 7.66. The Morgan fingerprint density at radius 2 is 1.91 bits per heavy atom. The lowest BCUT2D eigenvalue weighted by Crippen LogP contribution is -2.55. The first-order valence-corrected chi connectivity index (χ1v) is 16.1. The fourth-order valence-corrected chi connectivity index (χ4v) is 6.22. The van der Waals surface area contributed by atoms with Gasteiger partial charge in [-0.25, -0.2) is 0 Å². The Morgan fingerprint density at radius 1 is 1.15 bits per heavy atom. The molecule has 2 atom stereocenters. The fraction of sp³-hybridized carbons (Fsp3) is 0.472. The van der Waals surface area contributed by atoms with E-state index < -0.39 is 5.41 Å². The molecule has 3 heterocycles. The molecule has 11 nitrogen and oxygen atoms in total. The zero-order chi connectivity index (χ0) is 33.9. The summed E-state index contributed by atoms with van der Waals surface area (Å²) in [5.74, 6) is 0.825. The van der Waals surface area contributed by atoms with Gasteiger partial charge in [-0.2, -0.15) is 15.2 Å². The van der Waals surface area contributed by atoms with E-state index in [4.69, 9.17) is 19.4 Å². The van der Waals surface area contributed by atoms with Crippen LogP contribution in [0.5, 0.6) is 11.8 Å². The molecule has 2 unspecified atom stereocenters. The number of hydrogen-bond acceptors (Lipinski definition) is 10. The number of aromatic nitrogens is 2. The van der Waals surface area contributed by atoms with Gasteiger partial charge in [0.2, 0.25) is 5.91 Å². The number of carbonyl (C=O) groups is 2. The Labute approximate surface area is 277 Å². The standard InChI is InChI=1S/C36H45N7O4/c1-8-32(44)43-18-17-42(22-26(43)13-15-37)33-29-14-16-41(23-30(29)38-35(39-33)46-24(2)21-40(6)7)31-20-27(47-34(45)36(3,4)5)19-25-11-9-10-12-28(25)31/h8-12,19-20,24,26H,1,13-14,16-18,21-23H2,2-7H3. The molecule has 5 rings (SSSR count). The number of fused-ring (bicyclic) bond motifs is 2. The largest absolute Gasteiger partial charge is 0.459 e. The monoisotopic (exact) mass is 639 g/mol. The predicted octanol–water partition coefficient (Wildman–Crippen LogP) is 4.59. The minimum atomic E-state index is -0.639. The Hall–Kier alpha value is -4.69. The van der Waals surface area contributed by atoms with Gasteiger partial charge in [0.1, 0.15) is 17.7 Å². The third-order valence-electron chi connectivity index (χ3n) is 8.50. The van der Waals surface area contributed by atoms with E-state index in [-0.39, 0.29) is 30.4 Å². The molecule has 47 heavy (non-hydrogen) atoms. The van der Waals surface area contributed by atoms with Crippen molar-refractivity contribution in [3.05, 3.63) is 60.3 Å². The van der Waals surface area contributed by atoms with Crippen LogP contribution < -0.4 is 19.3 Å². The average Bonchev–Trinajstić information content (AvgIpc) is 3.02. The molecule has 11 heteroatoms. The molecule has 1 fully saturated rings. The van der Waals surface area contributed by atoms with E-state index in [9.17, 15) is 14.9 Å². The molecule has 0 N–H and O–H groups in total. The van der Waals surface area contributed by atoms with Crippen LogP contribution in [-0.2, 0) is 22.6 Å². The summed E-state index contributed by atoms with van der Waals surface area (Å²) in [6, 6.07) is 14.2. The predicted molar refractivity (Wildman–Crippen MR) is 183 cm³/mol. The molecule has 2 aliphatic rings. The lowest BCUT2D eigenvalue weighted by Gasteiger charge is -2.42. The summed E-state index contributed by atoms with van der Waals surface area (Å²) in [6.45, 7) is 14.5. The molecular formula is C36H45N7O4. The van der Waals surface area contributed by atoms with Crippen LogP contribution in [0.4, 0.5) is 11.5 Å². The fourth-order valence-electron chi connectivity index (χ4n) is 6.22. The van der Waals surface area contributed by atoms with Crippen molar-refractivity contribution in [1.29, 1.82) is 5.26 Å². The summed E-state index contributed by atoms with van der Waals surface area (Å²) in [4.78, 5) is 43.5. The second-order valence-corrected chi connectivity index (χ2v) is 13.6. The third-order valence-corrected chi connectivity index (χ3v) is 8.50. The van der Waals surface area contributed by atoms with Crippen LogP contribution in [-0.4, -0.2) is 90.6 Å². The molecule has 248 valence electrons. The zero-order valence-electron chi connectivity index (χ0n) is 28.3. The lowest BCUT2D eigenvalue weighted by molar-refractivity contribution is -0.143. The summed E-state index contributed by atoms with van der Waals surface area (Å²) in [5.41, 5.74) is 2.21. The van der Waals surface area contributed by atoms with Gasteiger partial charge < -0.3 is 29.1 Å². The molecule has 0 saturated carbocycles. The van der Waals surface area contributed by atoms with Gasteiger partial charge in [0.05, 0.1) is 36.2 Å². The highest BCUT2D eigenvalue weighted by molar-refractivity contribution is 5.96. The van der Waals surface area contributed by atoms with E-state index in [2.05, 4.69) is 33.4 Å². The molecule has 0 spiro atoms. The smallest absolute Gasteiger partial charge is 0.318 e. The molecule has 1 saturated heterocycles. The number of piperazine rings is 1. The van der Waals surface area contributed by atoms with Gasteiger partial charge >= 0.3 is 12.0 Å². The van der Waals surface area contributed by atoms with Crippen LogP contribution in [0, 0.1) is 16.7 Å². The van der Waals surface area contributed by atoms with Gasteiger partial charge in [0, 0.05) is 55.4 Å². The number of rotatable bonds is 9. The van der Waals surface area contributed by atoms with Crippen molar-refractivity contribution in [3.8, 4) is 17.8 Å². The van der Waals surface area contributed by atoms with Crippen LogP contribution in [0.1, 0.15) is 45.4 Å². The average molecular weight is 640 g/mol. The van der Waals surface area contributed by atoms with Crippen molar-refractivity contribution >= 4 is 34.2 Å². The number of likely N-dealkylation sites (N-methyl/N-ethyl adjacent to an activating group) is 1. The molecule has 0 bridgehead atoms. The van der Waals surface area contributed by atoms with E-state index in [0.717, 1.165) is 33.5 Å². The second-order valence-electron chi connectivity index (χ2n) is 13.6. The molecule has 0 aliphatic carbocycles. The number of benzene rings is 2. The van der Waals surface area contributed by atoms with Gasteiger partial charge in [-0.1, -0.05) is 30.8 Å². The first-order chi connectivity index (χ1) is 22.4.